The maximum atomic E-state index is 13.1. The molecule has 0 unspecified atom stereocenters. The Labute approximate surface area is 299 Å². The molecule has 4 aromatic rings. The predicted molar refractivity (Wildman–Crippen MR) is 188 cm³/mol. The van der Waals surface area contributed by atoms with Crippen LogP contribution in [0.15, 0.2) is 97.1 Å². The third-order valence-corrected chi connectivity index (χ3v) is 9.66. The van der Waals surface area contributed by atoms with Crippen LogP contribution in [0.3, 0.4) is 0 Å². The Morgan fingerprint density at radius 2 is 0.960 bits per heavy atom. The molecule has 2 saturated heterocycles. The molecule has 12 heteroatoms. The largest absolute Gasteiger partial charge is 0.497 e. The van der Waals surface area contributed by atoms with E-state index in [1.165, 1.54) is 24.0 Å². The van der Waals surface area contributed by atoms with Crippen molar-refractivity contribution in [3.8, 4) is 11.5 Å². The third kappa shape index (κ3) is 7.72. The van der Waals surface area contributed by atoms with Gasteiger partial charge in [-0.1, -0.05) is 71.7 Å². The minimum Gasteiger partial charge on any atom is -0.497 e. The number of ether oxygens (including phenoxy) is 2. The first-order valence-corrected chi connectivity index (χ1v) is 16.7. The van der Waals surface area contributed by atoms with Crippen molar-refractivity contribution in [2.75, 3.05) is 14.2 Å². The van der Waals surface area contributed by atoms with Crippen LogP contribution in [0, 0.1) is 0 Å². The number of rotatable bonds is 8. The van der Waals surface area contributed by atoms with Gasteiger partial charge >= 0.3 is 11.9 Å². The van der Waals surface area contributed by atoms with Gasteiger partial charge in [-0.3, -0.25) is 9.59 Å². The molecule has 260 valence electrons. The summed E-state index contributed by atoms with van der Waals surface area (Å²) in [4.78, 5) is 52.4. The van der Waals surface area contributed by atoms with E-state index >= 15 is 0 Å². The number of likely N-dealkylation sites (tertiary alicyclic amines) is 2. The fourth-order valence-electron chi connectivity index (χ4n) is 6.59. The molecule has 10 nitrogen and oxygen atoms in total. The second-order valence-electron chi connectivity index (χ2n) is 11.8. The Hall–Kier alpha value is -5.06. The molecule has 4 aromatic carbocycles. The summed E-state index contributed by atoms with van der Waals surface area (Å²) < 4.78 is 10.3. The molecule has 0 spiro atoms. The second kappa shape index (κ2) is 16.1. The van der Waals surface area contributed by atoms with Crippen LogP contribution in [-0.4, -0.2) is 70.1 Å². The smallest absolute Gasteiger partial charge is 0.326 e. The number of carboxylic acid groups (broad SMARTS) is 2. The minimum absolute atomic E-state index is 0.339. The summed E-state index contributed by atoms with van der Waals surface area (Å²) in [7, 11) is 3.04. The molecular weight excluding hydrogens is 683 g/mol. The van der Waals surface area contributed by atoms with Gasteiger partial charge < -0.3 is 29.5 Å². The molecule has 4 atom stereocenters. The Bertz CT molecular complexity index is 1750. The van der Waals surface area contributed by atoms with E-state index in [2.05, 4.69) is 0 Å². The lowest BCUT2D eigenvalue weighted by atomic mass is 10.0. The summed E-state index contributed by atoms with van der Waals surface area (Å²) in [5, 5.41) is 20.2. The van der Waals surface area contributed by atoms with Gasteiger partial charge in [-0.05, 0) is 85.3 Å². The van der Waals surface area contributed by atoms with Crippen LogP contribution in [0.1, 0.15) is 69.6 Å². The number of carbonyl (C=O) groups is 4. The lowest BCUT2D eigenvalue weighted by molar-refractivity contribution is -0.142. The van der Waals surface area contributed by atoms with Crippen molar-refractivity contribution in [1.29, 1.82) is 0 Å². The van der Waals surface area contributed by atoms with Crippen LogP contribution in [0.2, 0.25) is 10.0 Å². The number of hydrogen-bond donors (Lipinski definition) is 2. The average molecular weight is 720 g/mol. The Kier molecular flexibility index (Phi) is 11.7. The molecule has 2 amide bonds. The van der Waals surface area contributed by atoms with Crippen molar-refractivity contribution < 1.29 is 38.9 Å². The highest BCUT2D eigenvalue weighted by Crippen LogP contribution is 2.41. The van der Waals surface area contributed by atoms with Gasteiger partial charge in [0, 0.05) is 21.2 Å². The first kappa shape index (κ1) is 36.2. The van der Waals surface area contributed by atoms with Gasteiger partial charge in [-0.25, -0.2) is 9.59 Å². The molecule has 0 saturated carbocycles. The van der Waals surface area contributed by atoms with Crippen molar-refractivity contribution >= 4 is 47.0 Å². The van der Waals surface area contributed by atoms with E-state index in [0.29, 0.717) is 58.4 Å². The van der Waals surface area contributed by atoms with Crippen molar-refractivity contribution in [1.82, 2.24) is 9.80 Å². The molecule has 2 N–H and O–H groups in total. The SMILES string of the molecule is COc1cccc(C(=O)N2[C@@H](C(=O)O)CC[C@@H]2c2ccccc2Cl)c1.COc1cccc(C(=O)N2[C@@H](C(=O)O)CC[C@H]2c2ccccc2Cl)c1. The van der Waals surface area contributed by atoms with E-state index in [1.807, 2.05) is 36.4 Å². The van der Waals surface area contributed by atoms with Crippen LogP contribution in [0.4, 0.5) is 0 Å². The summed E-state index contributed by atoms with van der Waals surface area (Å²) in [5.41, 5.74) is 2.32. The first-order chi connectivity index (χ1) is 24.0. The summed E-state index contributed by atoms with van der Waals surface area (Å²) in [5.74, 6) is -1.60. The van der Waals surface area contributed by atoms with Gasteiger partial charge in [0.1, 0.15) is 23.6 Å². The highest BCUT2D eigenvalue weighted by atomic mass is 35.5. The molecule has 50 heavy (non-hydrogen) atoms. The van der Waals surface area contributed by atoms with Gasteiger partial charge in [0.15, 0.2) is 0 Å². The number of hydrogen-bond acceptors (Lipinski definition) is 6. The van der Waals surface area contributed by atoms with Crippen molar-refractivity contribution in [2.45, 2.75) is 49.9 Å². The number of carbonyl (C=O) groups excluding carboxylic acids is 2. The zero-order chi connectivity index (χ0) is 35.9. The predicted octanol–water partition coefficient (Wildman–Crippen LogP) is 7.56. The van der Waals surface area contributed by atoms with E-state index in [-0.39, 0.29) is 23.9 Å². The van der Waals surface area contributed by atoms with Crippen molar-refractivity contribution in [2.24, 2.45) is 0 Å². The summed E-state index contributed by atoms with van der Waals surface area (Å²) in [6.07, 6.45) is 1.88. The van der Waals surface area contributed by atoms with Crippen LogP contribution in [0.5, 0.6) is 11.5 Å². The van der Waals surface area contributed by atoms with Crippen LogP contribution >= 0.6 is 23.2 Å². The van der Waals surface area contributed by atoms with Gasteiger partial charge in [0.2, 0.25) is 0 Å². The van der Waals surface area contributed by atoms with E-state index in [4.69, 9.17) is 32.7 Å². The zero-order valence-electron chi connectivity index (χ0n) is 27.4. The van der Waals surface area contributed by atoms with Crippen LogP contribution in [0.25, 0.3) is 0 Å². The highest BCUT2D eigenvalue weighted by Gasteiger charge is 2.44. The Balaban J connectivity index is 0.000000194. The molecule has 0 bridgehead atoms. The number of carboxylic acids is 2. The third-order valence-electron chi connectivity index (χ3n) is 8.97. The normalized spacial score (nSPS) is 19.7. The minimum atomic E-state index is -1.01. The molecule has 2 aliphatic rings. The molecule has 0 radical (unpaired) electrons. The average Bonchev–Trinajstić information content (AvgIpc) is 3.78. The number of amides is 2. The fraction of sp³-hybridized carbons (Fsp3) is 0.263. The van der Waals surface area contributed by atoms with Crippen molar-refractivity contribution in [3.63, 3.8) is 0 Å². The topological polar surface area (TPSA) is 134 Å². The van der Waals surface area contributed by atoms with E-state index in [9.17, 15) is 29.4 Å². The summed E-state index contributed by atoms with van der Waals surface area (Å²) in [6, 6.07) is 25.4. The Morgan fingerprint density at radius 3 is 1.30 bits per heavy atom. The van der Waals surface area contributed by atoms with Gasteiger partial charge in [-0.15, -0.1) is 0 Å². The van der Waals surface area contributed by atoms with Gasteiger partial charge in [0.25, 0.3) is 11.8 Å². The quantitative estimate of drug-likeness (QED) is 0.191. The summed E-state index contributed by atoms with van der Waals surface area (Å²) >= 11 is 12.6. The Morgan fingerprint density at radius 1 is 0.580 bits per heavy atom. The second-order valence-corrected chi connectivity index (χ2v) is 12.6. The maximum absolute atomic E-state index is 13.1. The number of halogens is 2. The van der Waals surface area contributed by atoms with Crippen molar-refractivity contribution in [3.05, 3.63) is 129 Å². The van der Waals surface area contributed by atoms with Crippen LogP contribution in [-0.2, 0) is 9.59 Å². The highest BCUT2D eigenvalue weighted by molar-refractivity contribution is 6.31. The van der Waals surface area contributed by atoms with E-state index in [1.54, 1.807) is 60.7 Å². The number of aliphatic carboxylic acids is 2. The van der Waals surface area contributed by atoms with Crippen LogP contribution < -0.4 is 9.47 Å². The van der Waals surface area contributed by atoms with E-state index in [0.717, 1.165) is 11.1 Å². The lowest BCUT2D eigenvalue weighted by Crippen LogP contribution is -2.41. The van der Waals surface area contributed by atoms with E-state index < -0.39 is 24.0 Å². The lowest BCUT2D eigenvalue weighted by Gasteiger charge is -2.29. The summed E-state index contributed by atoms with van der Waals surface area (Å²) in [6.45, 7) is 0. The van der Waals surface area contributed by atoms with Gasteiger partial charge in [0.05, 0.1) is 26.3 Å². The molecule has 2 aliphatic heterocycles. The zero-order valence-corrected chi connectivity index (χ0v) is 28.9. The molecule has 0 aromatic heterocycles. The molecular formula is C38H36Cl2N2O8. The van der Waals surface area contributed by atoms with Gasteiger partial charge in [-0.2, -0.15) is 0 Å². The fourth-order valence-corrected chi connectivity index (χ4v) is 7.11. The monoisotopic (exact) mass is 718 g/mol. The first-order valence-electron chi connectivity index (χ1n) is 15.9. The molecule has 2 fully saturated rings. The maximum Gasteiger partial charge on any atom is 0.326 e. The molecule has 6 rings (SSSR count). The number of methoxy groups -OCH3 is 2. The molecule has 2 heterocycles. The number of nitrogens with zero attached hydrogens (tertiary/aromatic N) is 2. The standard InChI is InChI=1S/2C19H18ClNO4/c2*1-25-13-6-4-5-12(11-13)18(22)21-16(9-10-17(21)19(23)24)14-7-2-3-8-15(14)20/h2*2-8,11,16-17H,9-10H2,1H3,(H,23,24)/t16-,17+;16-,17-/m01/s1. The molecule has 0 aliphatic carbocycles. The number of benzene rings is 4.